The maximum Gasteiger partial charge on any atom is 0.253 e. The number of hydrogen-bond donors (Lipinski definition) is 2. The highest BCUT2D eigenvalue weighted by Gasteiger charge is 2.30. The van der Waals surface area contributed by atoms with Gasteiger partial charge in [0.05, 0.1) is 11.4 Å². The summed E-state index contributed by atoms with van der Waals surface area (Å²) in [6, 6.07) is 5.58. The van der Waals surface area contributed by atoms with E-state index < -0.39 is 0 Å². The van der Waals surface area contributed by atoms with Crippen molar-refractivity contribution in [3.05, 3.63) is 23.8 Å². The number of nitrogen functional groups attached to an aromatic ring is 1. The van der Waals surface area contributed by atoms with Gasteiger partial charge in [0.1, 0.15) is 6.10 Å². The number of aryl methyl sites for hydroxylation is 1. The molecular formula is C13H18N2O2. The lowest BCUT2D eigenvalue weighted by Crippen LogP contribution is -2.31. The molecule has 1 heterocycles. The molecule has 1 aliphatic rings. The Bertz CT molecular complexity index is 431. The Morgan fingerprint density at radius 1 is 1.53 bits per heavy atom. The number of ether oxygens (including phenoxy) is 1. The summed E-state index contributed by atoms with van der Waals surface area (Å²) in [6.07, 6.45) is 0.581. The Balaban J connectivity index is 2.07. The second-order valence-corrected chi connectivity index (χ2v) is 4.64. The van der Waals surface area contributed by atoms with E-state index in [0.29, 0.717) is 18.0 Å². The van der Waals surface area contributed by atoms with Gasteiger partial charge in [-0.3, -0.25) is 4.79 Å². The summed E-state index contributed by atoms with van der Waals surface area (Å²) in [4.78, 5) is 12.0. The van der Waals surface area contributed by atoms with E-state index in [0.717, 1.165) is 12.0 Å². The average molecular weight is 234 g/mol. The van der Waals surface area contributed by atoms with Crippen molar-refractivity contribution in [2.45, 2.75) is 26.4 Å². The Kier molecular flexibility index (Phi) is 3.33. The van der Waals surface area contributed by atoms with Crippen LogP contribution >= 0.6 is 0 Å². The van der Waals surface area contributed by atoms with Crippen molar-refractivity contribution < 1.29 is 9.53 Å². The Labute approximate surface area is 101 Å². The summed E-state index contributed by atoms with van der Waals surface area (Å²) >= 11 is 0. The highest BCUT2D eigenvalue weighted by Crippen LogP contribution is 2.24. The van der Waals surface area contributed by atoms with Crippen LogP contribution in [0.1, 0.15) is 18.9 Å². The number of carbonyl (C=O) groups is 1. The lowest BCUT2D eigenvalue weighted by molar-refractivity contribution is -0.126. The third-order valence-electron chi connectivity index (χ3n) is 3.11. The van der Waals surface area contributed by atoms with Gasteiger partial charge >= 0.3 is 0 Å². The smallest absolute Gasteiger partial charge is 0.253 e. The number of rotatable bonds is 2. The molecule has 2 unspecified atom stereocenters. The topological polar surface area (TPSA) is 64.3 Å². The van der Waals surface area contributed by atoms with Crippen molar-refractivity contribution in [1.29, 1.82) is 0 Å². The second-order valence-electron chi connectivity index (χ2n) is 4.64. The predicted molar refractivity (Wildman–Crippen MR) is 67.7 cm³/mol. The molecule has 4 nitrogen and oxygen atoms in total. The molecule has 1 aromatic carbocycles. The minimum absolute atomic E-state index is 0.106. The van der Waals surface area contributed by atoms with Gasteiger partial charge in [-0.1, -0.05) is 13.0 Å². The van der Waals surface area contributed by atoms with E-state index in [4.69, 9.17) is 10.5 Å². The molecule has 17 heavy (non-hydrogen) atoms. The number of carbonyl (C=O) groups excluding carboxylic acids is 1. The summed E-state index contributed by atoms with van der Waals surface area (Å²) in [6.45, 7) is 4.64. The maximum atomic E-state index is 12.0. The van der Waals surface area contributed by atoms with Crippen LogP contribution in [0.2, 0.25) is 0 Å². The molecule has 92 valence electrons. The van der Waals surface area contributed by atoms with Gasteiger partial charge in [0.15, 0.2) is 0 Å². The first-order chi connectivity index (χ1) is 8.08. The molecule has 0 spiro atoms. The molecule has 1 amide bonds. The summed E-state index contributed by atoms with van der Waals surface area (Å²) in [7, 11) is 0. The lowest BCUT2D eigenvalue weighted by Gasteiger charge is -2.15. The zero-order valence-corrected chi connectivity index (χ0v) is 10.2. The van der Waals surface area contributed by atoms with Gasteiger partial charge in [0.2, 0.25) is 0 Å². The molecule has 1 fully saturated rings. The fourth-order valence-electron chi connectivity index (χ4n) is 2.03. The summed E-state index contributed by atoms with van der Waals surface area (Å²) < 4.78 is 5.41. The molecule has 1 aromatic rings. The van der Waals surface area contributed by atoms with Crippen molar-refractivity contribution >= 4 is 17.3 Å². The molecule has 1 saturated heterocycles. The Morgan fingerprint density at radius 2 is 2.29 bits per heavy atom. The number of nitrogens with one attached hydrogen (secondary N) is 1. The van der Waals surface area contributed by atoms with Crippen LogP contribution < -0.4 is 11.1 Å². The largest absolute Gasteiger partial charge is 0.397 e. The van der Waals surface area contributed by atoms with E-state index in [1.807, 2.05) is 32.0 Å². The van der Waals surface area contributed by atoms with E-state index in [2.05, 4.69) is 5.32 Å². The monoisotopic (exact) mass is 234 g/mol. The molecule has 0 bridgehead atoms. The van der Waals surface area contributed by atoms with Crippen LogP contribution in [0.5, 0.6) is 0 Å². The van der Waals surface area contributed by atoms with Crippen LogP contribution in [0.15, 0.2) is 18.2 Å². The summed E-state index contributed by atoms with van der Waals surface area (Å²) in [5, 5.41) is 2.82. The molecule has 1 aliphatic heterocycles. The van der Waals surface area contributed by atoms with E-state index in [1.165, 1.54) is 0 Å². The first-order valence-corrected chi connectivity index (χ1v) is 5.86. The Morgan fingerprint density at radius 3 is 2.88 bits per heavy atom. The number of anilines is 2. The molecular weight excluding hydrogens is 216 g/mol. The number of nitrogens with two attached hydrogens (primary N) is 1. The molecule has 3 N–H and O–H groups in total. The quantitative estimate of drug-likeness (QED) is 0.769. The third kappa shape index (κ3) is 2.58. The van der Waals surface area contributed by atoms with Crippen LogP contribution in [-0.2, 0) is 9.53 Å². The van der Waals surface area contributed by atoms with Crippen LogP contribution in [0.25, 0.3) is 0 Å². The van der Waals surface area contributed by atoms with Crippen LogP contribution in [0.3, 0.4) is 0 Å². The summed E-state index contributed by atoms with van der Waals surface area (Å²) in [5.74, 6) is 0.159. The number of benzene rings is 1. The number of amides is 1. The van der Waals surface area contributed by atoms with E-state index >= 15 is 0 Å². The molecule has 0 saturated carbocycles. The van der Waals surface area contributed by atoms with Gasteiger partial charge in [-0.25, -0.2) is 0 Å². The zero-order valence-electron chi connectivity index (χ0n) is 10.2. The van der Waals surface area contributed by atoms with Gasteiger partial charge in [0.25, 0.3) is 5.91 Å². The molecule has 2 rings (SSSR count). The summed E-state index contributed by atoms with van der Waals surface area (Å²) in [5.41, 5.74) is 8.17. The first-order valence-electron chi connectivity index (χ1n) is 5.86. The minimum atomic E-state index is -0.351. The van der Waals surface area contributed by atoms with E-state index in [1.54, 1.807) is 0 Å². The van der Waals surface area contributed by atoms with Crippen molar-refractivity contribution in [2.75, 3.05) is 17.7 Å². The van der Waals surface area contributed by atoms with Crippen molar-refractivity contribution in [1.82, 2.24) is 0 Å². The van der Waals surface area contributed by atoms with Gasteiger partial charge in [0, 0.05) is 6.61 Å². The van der Waals surface area contributed by atoms with Crippen molar-refractivity contribution in [2.24, 2.45) is 5.92 Å². The maximum absolute atomic E-state index is 12.0. The van der Waals surface area contributed by atoms with Gasteiger partial charge < -0.3 is 15.8 Å². The molecule has 0 aliphatic carbocycles. The van der Waals surface area contributed by atoms with Gasteiger partial charge in [-0.2, -0.15) is 0 Å². The third-order valence-corrected chi connectivity index (χ3v) is 3.11. The normalized spacial score (nSPS) is 23.6. The van der Waals surface area contributed by atoms with Crippen LogP contribution in [-0.4, -0.2) is 18.6 Å². The minimum Gasteiger partial charge on any atom is -0.397 e. The molecule has 0 aromatic heterocycles. The van der Waals surface area contributed by atoms with E-state index in [-0.39, 0.29) is 17.9 Å². The first kappa shape index (κ1) is 11.9. The zero-order chi connectivity index (χ0) is 12.4. The Hall–Kier alpha value is -1.55. The highest BCUT2D eigenvalue weighted by atomic mass is 16.5. The van der Waals surface area contributed by atoms with Crippen LogP contribution in [0, 0.1) is 12.8 Å². The number of hydrogen-bond acceptors (Lipinski definition) is 3. The van der Waals surface area contributed by atoms with Crippen LogP contribution in [0.4, 0.5) is 11.4 Å². The average Bonchev–Trinajstić information content (AvgIpc) is 2.68. The second kappa shape index (κ2) is 4.75. The predicted octanol–water partition coefficient (Wildman–Crippen LogP) is 1.94. The lowest BCUT2D eigenvalue weighted by atomic mass is 10.0. The molecule has 4 heteroatoms. The molecule has 2 atom stereocenters. The van der Waals surface area contributed by atoms with Crippen molar-refractivity contribution in [3.63, 3.8) is 0 Å². The fraction of sp³-hybridized carbons (Fsp3) is 0.462. The molecule has 0 radical (unpaired) electrons. The standard InChI is InChI=1S/C13H18N2O2/c1-8-3-4-11(10(14)7-8)15-13(16)12-9(2)5-6-17-12/h3-4,7,9,12H,5-6,14H2,1-2H3,(H,15,16). The van der Waals surface area contributed by atoms with Gasteiger partial charge in [-0.05, 0) is 37.0 Å². The fourth-order valence-corrected chi connectivity index (χ4v) is 2.03. The van der Waals surface area contributed by atoms with E-state index in [9.17, 15) is 4.79 Å². The van der Waals surface area contributed by atoms with Crippen molar-refractivity contribution in [3.8, 4) is 0 Å². The highest BCUT2D eigenvalue weighted by molar-refractivity contribution is 5.97. The SMILES string of the molecule is Cc1ccc(NC(=O)C2OCCC2C)c(N)c1. The van der Waals surface area contributed by atoms with Gasteiger partial charge in [-0.15, -0.1) is 0 Å².